The number of nitro groups is 1. The first-order chi connectivity index (χ1) is 11.4. The van der Waals surface area contributed by atoms with Gasteiger partial charge in [0.25, 0.3) is 5.69 Å². The number of rotatable bonds is 8. The van der Waals surface area contributed by atoms with E-state index in [1.165, 1.54) is 12.1 Å². The number of furan rings is 1. The number of carbonyl (C=O) groups is 1. The molecule has 0 aliphatic carbocycles. The molecule has 2 N–H and O–H groups in total. The van der Waals surface area contributed by atoms with Crippen LogP contribution in [0.25, 0.3) is 11.3 Å². The van der Waals surface area contributed by atoms with Gasteiger partial charge < -0.3 is 9.52 Å². The molecule has 2 rings (SSSR count). The van der Waals surface area contributed by atoms with Gasteiger partial charge in [-0.25, -0.2) is 0 Å². The largest absolute Gasteiger partial charge is 0.480 e. The number of nitrogens with one attached hydrogen (secondary N) is 1. The third kappa shape index (κ3) is 4.42. The Morgan fingerprint density at radius 3 is 2.75 bits per heavy atom. The molecule has 2 aromatic rings. The van der Waals surface area contributed by atoms with E-state index >= 15 is 0 Å². The Bertz CT molecular complexity index is 744. The van der Waals surface area contributed by atoms with Gasteiger partial charge in [-0.1, -0.05) is 13.3 Å². The highest BCUT2D eigenvalue weighted by Gasteiger charge is 2.17. The Hall–Kier alpha value is -2.19. The molecule has 0 radical (unpaired) electrons. The van der Waals surface area contributed by atoms with Crippen molar-refractivity contribution in [1.29, 1.82) is 0 Å². The van der Waals surface area contributed by atoms with Gasteiger partial charge in [-0.05, 0) is 40.5 Å². The van der Waals surface area contributed by atoms with Crippen LogP contribution in [0.5, 0.6) is 0 Å². The maximum Gasteiger partial charge on any atom is 0.320 e. The van der Waals surface area contributed by atoms with Gasteiger partial charge in [-0.3, -0.25) is 20.2 Å². The van der Waals surface area contributed by atoms with Crippen LogP contribution >= 0.6 is 15.9 Å². The second kappa shape index (κ2) is 8.07. The minimum Gasteiger partial charge on any atom is -0.480 e. The molecule has 0 aliphatic rings. The van der Waals surface area contributed by atoms with Crippen molar-refractivity contribution in [2.24, 2.45) is 0 Å². The van der Waals surface area contributed by atoms with Gasteiger partial charge in [-0.2, -0.15) is 0 Å². The summed E-state index contributed by atoms with van der Waals surface area (Å²) >= 11 is 3.31. The minimum absolute atomic E-state index is 0.0112. The molecule has 0 saturated carbocycles. The van der Waals surface area contributed by atoms with Gasteiger partial charge in [0.2, 0.25) is 0 Å². The number of aliphatic carboxylic acids is 1. The van der Waals surface area contributed by atoms with Crippen LogP contribution in [0.2, 0.25) is 0 Å². The van der Waals surface area contributed by atoms with E-state index in [0.717, 1.165) is 6.42 Å². The molecule has 0 aliphatic heterocycles. The molecule has 1 heterocycles. The van der Waals surface area contributed by atoms with Crippen molar-refractivity contribution in [2.75, 3.05) is 0 Å². The standard InChI is InChI=1S/C16H17BrN2O5/c1-2-3-14(16(20)21)18-9-11-5-7-15(24-11)12-6-4-10(19(22)23)8-13(12)17/h4-8,14,18H,2-3,9H2,1H3,(H,20,21). The van der Waals surface area contributed by atoms with Crippen LogP contribution in [-0.2, 0) is 11.3 Å². The van der Waals surface area contributed by atoms with Crippen LogP contribution in [0.4, 0.5) is 5.69 Å². The minimum atomic E-state index is -0.887. The van der Waals surface area contributed by atoms with Crippen LogP contribution in [-0.4, -0.2) is 22.0 Å². The number of carboxylic acid groups (broad SMARTS) is 1. The van der Waals surface area contributed by atoms with E-state index in [1.807, 2.05) is 6.92 Å². The lowest BCUT2D eigenvalue weighted by Crippen LogP contribution is -2.35. The normalized spacial score (nSPS) is 12.1. The first kappa shape index (κ1) is 18.2. The highest BCUT2D eigenvalue weighted by atomic mass is 79.9. The van der Waals surface area contributed by atoms with Gasteiger partial charge in [0.1, 0.15) is 17.6 Å². The van der Waals surface area contributed by atoms with Crippen LogP contribution in [0.3, 0.4) is 0 Å². The summed E-state index contributed by atoms with van der Waals surface area (Å²) in [5, 5.41) is 22.8. The molecule has 1 atom stereocenters. The van der Waals surface area contributed by atoms with Crippen molar-refractivity contribution in [3.05, 3.63) is 50.7 Å². The lowest BCUT2D eigenvalue weighted by atomic mass is 10.1. The Morgan fingerprint density at radius 2 is 2.17 bits per heavy atom. The fourth-order valence-electron chi connectivity index (χ4n) is 2.26. The van der Waals surface area contributed by atoms with Gasteiger partial charge in [0.15, 0.2) is 0 Å². The van der Waals surface area contributed by atoms with Gasteiger partial charge in [0, 0.05) is 22.2 Å². The maximum absolute atomic E-state index is 11.1. The van der Waals surface area contributed by atoms with E-state index in [-0.39, 0.29) is 5.69 Å². The number of halogens is 1. The van der Waals surface area contributed by atoms with E-state index in [2.05, 4.69) is 21.2 Å². The van der Waals surface area contributed by atoms with Crippen molar-refractivity contribution < 1.29 is 19.2 Å². The summed E-state index contributed by atoms with van der Waals surface area (Å²) in [4.78, 5) is 21.4. The first-order valence-electron chi connectivity index (χ1n) is 7.41. The lowest BCUT2D eigenvalue weighted by molar-refractivity contribution is -0.384. The summed E-state index contributed by atoms with van der Waals surface area (Å²) in [7, 11) is 0. The van der Waals surface area contributed by atoms with Crippen molar-refractivity contribution >= 4 is 27.6 Å². The molecule has 1 aromatic heterocycles. The fraction of sp³-hybridized carbons (Fsp3) is 0.312. The van der Waals surface area contributed by atoms with E-state index < -0.39 is 16.9 Å². The van der Waals surface area contributed by atoms with E-state index in [1.54, 1.807) is 18.2 Å². The number of hydrogen-bond acceptors (Lipinski definition) is 5. The number of carboxylic acids is 1. The fourth-order valence-corrected chi connectivity index (χ4v) is 2.82. The van der Waals surface area contributed by atoms with Crippen LogP contribution in [0.15, 0.2) is 39.2 Å². The van der Waals surface area contributed by atoms with Crippen molar-refractivity contribution in [3.63, 3.8) is 0 Å². The summed E-state index contributed by atoms with van der Waals surface area (Å²) in [6, 6.07) is 7.31. The molecule has 0 bridgehead atoms. The Kier molecular flexibility index (Phi) is 6.10. The summed E-state index contributed by atoms with van der Waals surface area (Å²) in [5.41, 5.74) is 0.679. The number of hydrogen-bond donors (Lipinski definition) is 2. The summed E-state index contributed by atoms with van der Waals surface area (Å²) in [5.74, 6) is 0.260. The average molecular weight is 397 g/mol. The van der Waals surface area contributed by atoms with Crippen molar-refractivity contribution in [3.8, 4) is 11.3 Å². The molecule has 24 heavy (non-hydrogen) atoms. The zero-order valence-corrected chi connectivity index (χ0v) is 14.6. The Labute approximate surface area is 146 Å². The summed E-state index contributed by atoms with van der Waals surface area (Å²) in [6.45, 7) is 2.22. The SMILES string of the molecule is CCCC(NCc1ccc(-c2ccc([N+](=O)[O-])cc2Br)o1)C(=O)O. The van der Waals surface area contributed by atoms with E-state index in [4.69, 9.17) is 9.52 Å². The number of nitro benzene ring substituents is 1. The molecular formula is C16H17BrN2O5. The highest BCUT2D eigenvalue weighted by molar-refractivity contribution is 9.10. The molecule has 0 spiro atoms. The third-order valence-electron chi connectivity index (χ3n) is 3.49. The Balaban J connectivity index is 2.10. The lowest BCUT2D eigenvalue weighted by Gasteiger charge is -2.12. The zero-order chi connectivity index (χ0) is 17.7. The second-order valence-corrected chi connectivity index (χ2v) is 6.10. The second-order valence-electron chi connectivity index (χ2n) is 5.25. The highest BCUT2D eigenvalue weighted by Crippen LogP contribution is 2.32. The molecule has 0 saturated heterocycles. The summed E-state index contributed by atoms with van der Waals surface area (Å²) < 4.78 is 6.26. The molecule has 1 unspecified atom stereocenters. The predicted molar refractivity (Wildman–Crippen MR) is 91.7 cm³/mol. The number of nitrogens with zero attached hydrogens (tertiary/aromatic N) is 1. The average Bonchev–Trinajstić information content (AvgIpc) is 2.99. The molecule has 8 heteroatoms. The smallest absolute Gasteiger partial charge is 0.320 e. The monoisotopic (exact) mass is 396 g/mol. The van der Waals surface area contributed by atoms with E-state index in [0.29, 0.717) is 34.5 Å². The molecule has 128 valence electrons. The van der Waals surface area contributed by atoms with Crippen LogP contribution < -0.4 is 5.32 Å². The first-order valence-corrected chi connectivity index (χ1v) is 8.21. The van der Waals surface area contributed by atoms with Crippen LogP contribution in [0, 0.1) is 10.1 Å². The zero-order valence-electron chi connectivity index (χ0n) is 13.0. The number of benzene rings is 1. The predicted octanol–water partition coefficient (Wildman–Crippen LogP) is 3.96. The molecule has 0 fully saturated rings. The quantitative estimate of drug-likeness (QED) is 0.516. The maximum atomic E-state index is 11.1. The van der Waals surface area contributed by atoms with Gasteiger partial charge in [0.05, 0.1) is 11.5 Å². The van der Waals surface area contributed by atoms with Crippen molar-refractivity contribution in [1.82, 2.24) is 5.32 Å². The molecule has 7 nitrogen and oxygen atoms in total. The van der Waals surface area contributed by atoms with Crippen LogP contribution in [0.1, 0.15) is 25.5 Å². The summed E-state index contributed by atoms with van der Waals surface area (Å²) in [6.07, 6.45) is 1.31. The third-order valence-corrected chi connectivity index (χ3v) is 4.14. The van der Waals surface area contributed by atoms with E-state index in [9.17, 15) is 14.9 Å². The molecule has 0 amide bonds. The van der Waals surface area contributed by atoms with Crippen molar-refractivity contribution in [2.45, 2.75) is 32.4 Å². The molecular weight excluding hydrogens is 380 g/mol. The topological polar surface area (TPSA) is 106 Å². The molecule has 1 aromatic carbocycles. The Morgan fingerprint density at radius 1 is 1.42 bits per heavy atom. The number of non-ortho nitro benzene ring substituents is 1. The van der Waals surface area contributed by atoms with Gasteiger partial charge in [-0.15, -0.1) is 0 Å². The van der Waals surface area contributed by atoms with Gasteiger partial charge >= 0.3 is 5.97 Å².